The number of benzene rings is 4. The van der Waals surface area contributed by atoms with E-state index < -0.39 is 11.8 Å². The summed E-state index contributed by atoms with van der Waals surface area (Å²) >= 11 is 1.68. The Morgan fingerprint density at radius 1 is 0.776 bits per heavy atom. The number of hydrogen-bond donors (Lipinski definition) is 0. The summed E-state index contributed by atoms with van der Waals surface area (Å²) in [6.45, 7) is 12.0. The van der Waals surface area contributed by atoms with E-state index in [0.717, 1.165) is 71.4 Å². The second kappa shape index (κ2) is 14.2. The van der Waals surface area contributed by atoms with E-state index in [9.17, 15) is 0 Å². The normalized spacial score (nSPS) is 12.3. The molecule has 0 saturated heterocycles. The van der Waals surface area contributed by atoms with Crippen molar-refractivity contribution >= 4 is 43.4 Å². The van der Waals surface area contributed by atoms with E-state index in [0.29, 0.717) is 5.56 Å². The molecule has 4 aromatic carbocycles. The maximum Gasteiger partial charge on any atom is 0.138 e. The Bertz CT molecular complexity index is 2460. The summed E-state index contributed by atoms with van der Waals surface area (Å²) in [5.41, 5.74) is 10.5. The van der Waals surface area contributed by atoms with E-state index in [1.54, 1.807) is 17.5 Å². The molecule has 8 aromatic rings. The molecular weight excluding hydrogens is 797 g/mol. The van der Waals surface area contributed by atoms with Crippen LogP contribution in [-0.2, 0) is 26.5 Å². The monoisotopic (exact) mass is 837 g/mol. The maximum absolute atomic E-state index is 9.09. The molecular formula is C44H38IrN2OS-2. The zero-order chi connectivity index (χ0) is 35.2. The van der Waals surface area contributed by atoms with Crippen LogP contribution >= 0.6 is 11.3 Å². The van der Waals surface area contributed by atoms with E-state index in [1.807, 2.05) is 88.5 Å². The van der Waals surface area contributed by atoms with Gasteiger partial charge in [-0.05, 0) is 94.2 Å². The predicted molar refractivity (Wildman–Crippen MR) is 202 cm³/mol. The summed E-state index contributed by atoms with van der Waals surface area (Å²) in [4.78, 5) is 9.14. The van der Waals surface area contributed by atoms with Gasteiger partial charge in [-0.15, -0.1) is 65.4 Å². The van der Waals surface area contributed by atoms with Gasteiger partial charge in [-0.2, -0.15) is 0 Å². The Labute approximate surface area is 309 Å². The average Bonchev–Trinajstić information content (AvgIpc) is 3.74. The number of aromatic nitrogens is 2. The van der Waals surface area contributed by atoms with Gasteiger partial charge in [-0.25, -0.2) is 0 Å². The smallest absolute Gasteiger partial charge is 0.138 e. The Kier molecular flexibility index (Phi) is 9.23. The molecule has 8 rings (SSSR count). The summed E-state index contributed by atoms with van der Waals surface area (Å²) in [5, 5.41) is 5.37. The van der Waals surface area contributed by atoms with Crippen LogP contribution in [0.4, 0.5) is 0 Å². The summed E-state index contributed by atoms with van der Waals surface area (Å²) in [6.07, 6.45) is 1.99. The largest absolute Gasteiger partial charge is 0.499 e. The topological polar surface area (TPSA) is 38.9 Å². The van der Waals surface area contributed by atoms with E-state index in [1.165, 1.54) is 10.9 Å². The van der Waals surface area contributed by atoms with Gasteiger partial charge in [-0.3, -0.25) is 0 Å². The number of fused-ring (bicyclic) bond motifs is 5. The third-order valence-electron chi connectivity index (χ3n) is 8.34. The molecule has 5 heteroatoms. The van der Waals surface area contributed by atoms with Crippen LogP contribution in [0.15, 0.2) is 113 Å². The minimum Gasteiger partial charge on any atom is -0.499 e. The van der Waals surface area contributed by atoms with Gasteiger partial charge in [0.15, 0.2) is 0 Å². The van der Waals surface area contributed by atoms with Crippen molar-refractivity contribution in [3.05, 3.63) is 143 Å². The van der Waals surface area contributed by atoms with Gasteiger partial charge in [0.2, 0.25) is 0 Å². The number of furan rings is 1. The van der Waals surface area contributed by atoms with Gasteiger partial charge >= 0.3 is 0 Å². The fraction of sp³-hybridized carbons (Fsp3) is 0.182. The molecule has 0 bridgehead atoms. The van der Waals surface area contributed by atoms with Gasteiger partial charge < -0.3 is 14.4 Å². The molecule has 0 aliphatic carbocycles. The van der Waals surface area contributed by atoms with Crippen LogP contribution in [0.25, 0.3) is 65.7 Å². The van der Waals surface area contributed by atoms with Crippen molar-refractivity contribution in [2.45, 2.75) is 47.9 Å². The third-order valence-corrected chi connectivity index (χ3v) is 9.27. The molecule has 0 saturated carbocycles. The maximum atomic E-state index is 9.09. The van der Waals surface area contributed by atoms with Gasteiger partial charge in [0.1, 0.15) is 5.58 Å². The van der Waals surface area contributed by atoms with Gasteiger partial charge in [0.05, 0.1) is 10.3 Å². The van der Waals surface area contributed by atoms with Crippen molar-refractivity contribution in [2.75, 3.05) is 0 Å². The first-order valence-corrected chi connectivity index (χ1v) is 17.0. The van der Waals surface area contributed by atoms with Crippen molar-refractivity contribution in [1.29, 1.82) is 0 Å². The summed E-state index contributed by atoms with van der Waals surface area (Å²) in [7, 11) is 0. The molecule has 4 aromatic heterocycles. The molecule has 3 nitrogen and oxygen atoms in total. The van der Waals surface area contributed by atoms with Gasteiger partial charge in [0.25, 0.3) is 0 Å². The zero-order valence-corrected chi connectivity index (χ0v) is 31.6. The summed E-state index contributed by atoms with van der Waals surface area (Å²) in [5.74, 6) is 0. The molecule has 0 spiro atoms. The number of aryl methyl sites for hydroxylation is 3. The minimum atomic E-state index is -1.59. The first-order valence-electron chi connectivity index (χ1n) is 17.1. The zero-order valence-electron chi connectivity index (χ0n) is 30.4. The van der Waals surface area contributed by atoms with Crippen LogP contribution in [0.2, 0.25) is 0 Å². The van der Waals surface area contributed by atoms with Crippen molar-refractivity contribution in [3.8, 4) is 33.6 Å². The quantitative estimate of drug-likeness (QED) is 0.166. The fourth-order valence-electron chi connectivity index (χ4n) is 6.14. The number of nitrogens with zero attached hydrogens (tertiary/aromatic N) is 2. The molecule has 0 aliphatic heterocycles. The van der Waals surface area contributed by atoms with E-state index in [-0.39, 0.29) is 20.1 Å². The first-order chi connectivity index (χ1) is 23.9. The Hall–Kier alpha value is -4.41. The van der Waals surface area contributed by atoms with Crippen LogP contribution in [-0.4, -0.2) is 9.97 Å². The Balaban J connectivity index is 0.000000269. The van der Waals surface area contributed by atoms with Crippen LogP contribution < -0.4 is 0 Å². The standard InChI is InChI=1S/C32H28NOS.C12H10N.Ir/c1-19-8-6-9-20(2)28(19)26-16-27(33-18-22(26)17-32(3,4)5)25-11-7-10-23-24-13-12-21-14-15-35-31(21)30(24)34-29(23)25;1-10-7-8-12(13-9-10)11-5-3-2-4-6-11;/h6-10,12-16,18H,17H2,1-5H3;2-5,7-9H,1H3;/q2*-1;/i17D2;;. The van der Waals surface area contributed by atoms with Gasteiger partial charge in [-0.1, -0.05) is 80.3 Å². The summed E-state index contributed by atoms with van der Waals surface area (Å²) in [6, 6.07) is 37.0. The second-order valence-electron chi connectivity index (χ2n) is 13.2. The number of thiophene rings is 1. The van der Waals surface area contributed by atoms with Crippen LogP contribution in [0, 0.1) is 38.3 Å². The third kappa shape index (κ3) is 7.16. The van der Waals surface area contributed by atoms with E-state index in [2.05, 4.69) is 72.7 Å². The number of rotatable bonds is 4. The first kappa shape index (κ1) is 31.8. The minimum absolute atomic E-state index is 0. The van der Waals surface area contributed by atoms with E-state index in [4.69, 9.17) is 12.1 Å². The molecule has 0 N–H and O–H groups in total. The molecule has 0 atom stereocenters. The SMILES string of the molecule is Cc1ccc(-c2[c-]cccc2)nc1.[2H]C([2H])(c1cnc(-c2[c-]ccc3c2oc2c3ccc3ccsc32)cc1-c1c(C)cccc1C)C(C)(C)C.[Ir]. The molecule has 1 radical (unpaired) electrons. The van der Waals surface area contributed by atoms with Crippen LogP contribution in [0.1, 0.15) is 45.8 Å². The average molecular weight is 837 g/mol. The molecule has 0 amide bonds. The van der Waals surface area contributed by atoms with Crippen LogP contribution in [0.3, 0.4) is 0 Å². The predicted octanol–water partition coefficient (Wildman–Crippen LogP) is 12.4. The molecule has 247 valence electrons. The fourth-order valence-corrected chi connectivity index (χ4v) is 7.02. The van der Waals surface area contributed by atoms with Crippen molar-refractivity contribution in [2.24, 2.45) is 5.41 Å². The van der Waals surface area contributed by atoms with Crippen molar-refractivity contribution < 1.29 is 27.3 Å². The van der Waals surface area contributed by atoms with E-state index >= 15 is 0 Å². The Morgan fingerprint density at radius 2 is 1.55 bits per heavy atom. The summed E-state index contributed by atoms with van der Waals surface area (Å²) < 4.78 is 25.8. The number of pyridine rings is 2. The van der Waals surface area contributed by atoms with Crippen LogP contribution in [0.5, 0.6) is 0 Å². The molecule has 4 heterocycles. The van der Waals surface area contributed by atoms with Crippen molar-refractivity contribution in [3.63, 3.8) is 0 Å². The Morgan fingerprint density at radius 3 is 2.27 bits per heavy atom. The molecule has 49 heavy (non-hydrogen) atoms. The van der Waals surface area contributed by atoms with Crippen molar-refractivity contribution in [1.82, 2.24) is 9.97 Å². The number of hydrogen-bond acceptors (Lipinski definition) is 4. The van der Waals surface area contributed by atoms with Gasteiger partial charge in [0, 0.05) is 40.6 Å². The molecule has 0 fully saturated rings. The second-order valence-corrected chi connectivity index (χ2v) is 14.1. The molecule has 0 unspecified atom stereocenters. The molecule has 0 aliphatic rings.